The van der Waals surface area contributed by atoms with Gasteiger partial charge in [0.15, 0.2) is 10.9 Å². The molecule has 158 valence electrons. The van der Waals surface area contributed by atoms with Crippen LogP contribution in [-0.4, -0.2) is 23.0 Å². The number of amides is 1. The van der Waals surface area contributed by atoms with Crippen LogP contribution in [0.1, 0.15) is 16.7 Å². The number of carbonyl (C=O) groups excluding carboxylic acids is 1. The first-order valence-electron chi connectivity index (χ1n) is 9.53. The van der Waals surface area contributed by atoms with Gasteiger partial charge < -0.3 is 4.74 Å². The standard InChI is InChI=1S/C23H19F2N3O2S/c1-14-8-15(5-6-19(14)30-2)9-21(29)28(13-16-4-3-7-26-12-16)23-27-22-18(25)10-17(24)11-20(22)31-23/h3-8,10-12H,9,13H2,1-2H3. The van der Waals surface area contributed by atoms with Gasteiger partial charge in [-0.25, -0.2) is 13.8 Å². The number of hydrogen-bond donors (Lipinski definition) is 0. The van der Waals surface area contributed by atoms with Crippen molar-refractivity contribution in [3.05, 3.63) is 83.2 Å². The van der Waals surface area contributed by atoms with Crippen molar-refractivity contribution in [2.24, 2.45) is 0 Å². The molecule has 8 heteroatoms. The smallest absolute Gasteiger partial charge is 0.233 e. The summed E-state index contributed by atoms with van der Waals surface area (Å²) in [6.45, 7) is 2.12. The minimum Gasteiger partial charge on any atom is -0.496 e. The average molecular weight is 439 g/mol. The molecule has 1 amide bonds. The van der Waals surface area contributed by atoms with Crippen LogP contribution >= 0.6 is 11.3 Å². The zero-order chi connectivity index (χ0) is 22.0. The van der Waals surface area contributed by atoms with Gasteiger partial charge in [0.2, 0.25) is 5.91 Å². The Labute approximate surface area is 181 Å². The van der Waals surface area contributed by atoms with Crippen LogP contribution in [0, 0.1) is 18.6 Å². The summed E-state index contributed by atoms with van der Waals surface area (Å²) in [5.41, 5.74) is 2.58. The number of halogens is 2. The number of benzene rings is 2. The van der Waals surface area contributed by atoms with E-state index in [1.807, 2.05) is 31.2 Å². The molecule has 2 aromatic heterocycles. The van der Waals surface area contributed by atoms with Crippen LogP contribution in [0.25, 0.3) is 10.2 Å². The van der Waals surface area contributed by atoms with Gasteiger partial charge in [-0.3, -0.25) is 14.7 Å². The van der Waals surface area contributed by atoms with E-state index in [1.165, 1.54) is 11.0 Å². The lowest BCUT2D eigenvalue weighted by molar-refractivity contribution is -0.118. The maximum absolute atomic E-state index is 14.2. The van der Waals surface area contributed by atoms with Crippen LogP contribution in [0.3, 0.4) is 0 Å². The Morgan fingerprint density at radius 3 is 2.71 bits per heavy atom. The van der Waals surface area contributed by atoms with E-state index in [0.29, 0.717) is 9.83 Å². The zero-order valence-electron chi connectivity index (χ0n) is 16.9. The Bertz CT molecular complexity index is 1240. The second kappa shape index (κ2) is 8.77. The fourth-order valence-electron chi connectivity index (χ4n) is 3.32. The lowest BCUT2D eigenvalue weighted by Crippen LogP contribution is -2.31. The Morgan fingerprint density at radius 1 is 1.16 bits per heavy atom. The first kappa shape index (κ1) is 20.9. The number of rotatable bonds is 6. The van der Waals surface area contributed by atoms with Gasteiger partial charge in [-0.2, -0.15) is 0 Å². The van der Waals surface area contributed by atoms with Gasteiger partial charge in [0.1, 0.15) is 17.1 Å². The average Bonchev–Trinajstić information content (AvgIpc) is 3.17. The Hall–Kier alpha value is -3.39. The van der Waals surface area contributed by atoms with Gasteiger partial charge in [-0.15, -0.1) is 0 Å². The predicted octanol–water partition coefficient (Wildman–Crippen LogP) is 5.06. The van der Waals surface area contributed by atoms with E-state index < -0.39 is 11.6 Å². The number of aromatic nitrogens is 2. The summed E-state index contributed by atoms with van der Waals surface area (Å²) in [5.74, 6) is -0.906. The number of carbonyl (C=O) groups is 1. The number of anilines is 1. The van der Waals surface area contributed by atoms with Crippen molar-refractivity contribution < 1.29 is 18.3 Å². The van der Waals surface area contributed by atoms with Crippen LogP contribution < -0.4 is 9.64 Å². The molecule has 0 spiro atoms. The van der Waals surface area contributed by atoms with Gasteiger partial charge >= 0.3 is 0 Å². The van der Waals surface area contributed by atoms with Crippen LogP contribution in [0.2, 0.25) is 0 Å². The third-order valence-corrected chi connectivity index (χ3v) is 5.84. The molecule has 0 saturated heterocycles. The maximum Gasteiger partial charge on any atom is 0.233 e. The summed E-state index contributed by atoms with van der Waals surface area (Å²) in [5, 5.41) is 0.304. The van der Waals surface area contributed by atoms with Crippen molar-refractivity contribution in [2.75, 3.05) is 12.0 Å². The van der Waals surface area contributed by atoms with Crippen molar-refractivity contribution in [1.29, 1.82) is 0 Å². The molecule has 2 aromatic carbocycles. The van der Waals surface area contributed by atoms with Crippen molar-refractivity contribution in [3.8, 4) is 5.75 Å². The molecule has 2 heterocycles. The number of thiazole rings is 1. The Morgan fingerprint density at radius 2 is 2.00 bits per heavy atom. The summed E-state index contributed by atoms with van der Waals surface area (Å²) < 4.78 is 33.5. The molecule has 0 aliphatic carbocycles. The van der Waals surface area contributed by atoms with E-state index in [1.54, 1.807) is 25.6 Å². The van der Waals surface area contributed by atoms with Crippen LogP contribution in [0.4, 0.5) is 13.9 Å². The van der Waals surface area contributed by atoms with E-state index in [2.05, 4.69) is 9.97 Å². The number of hydrogen-bond acceptors (Lipinski definition) is 5. The maximum atomic E-state index is 14.2. The third kappa shape index (κ3) is 4.54. The molecule has 0 bridgehead atoms. The monoisotopic (exact) mass is 439 g/mol. The first-order chi connectivity index (χ1) is 14.9. The van der Waals surface area contributed by atoms with E-state index >= 15 is 0 Å². The largest absolute Gasteiger partial charge is 0.496 e. The SMILES string of the molecule is COc1ccc(CC(=O)N(Cc2cccnc2)c2nc3c(F)cc(F)cc3s2)cc1C. The minimum absolute atomic E-state index is 0.0469. The number of ether oxygens (including phenoxy) is 1. The van der Waals surface area contributed by atoms with E-state index in [0.717, 1.165) is 39.8 Å². The first-order valence-corrected chi connectivity index (χ1v) is 10.3. The summed E-state index contributed by atoms with van der Waals surface area (Å²) in [7, 11) is 1.60. The molecule has 0 unspecified atom stereocenters. The minimum atomic E-state index is -0.753. The highest BCUT2D eigenvalue weighted by Crippen LogP contribution is 2.32. The molecule has 4 aromatic rings. The summed E-state index contributed by atoms with van der Waals surface area (Å²) >= 11 is 1.07. The Kier molecular flexibility index (Phi) is 5.90. The molecular formula is C23H19F2N3O2S. The molecule has 0 atom stereocenters. The van der Waals surface area contributed by atoms with Crippen molar-refractivity contribution in [2.45, 2.75) is 19.9 Å². The van der Waals surface area contributed by atoms with E-state index in [9.17, 15) is 13.6 Å². The highest BCUT2D eigenvalue weighted by Gasteiger charge is 2.22. The third-order valence-electron chi connectivity index (χ3n) is 4.81. The molecule has 0 fully saturated rings. The highest BCUT2D eigenvalue weighted by atomic mass is 32.1. The summed E-state index contributed by atoms with van der Waals surface area (Å²) in [6, 6.07) is 11.2. The van der Waals surface area contributed by atoms with Crippen LogP contribution in [0.5, 0.6) is 5.75 Å². The molecular weight excluding hydrogens is 420 g/mol. The number of methoxy groups -OCH3 is 1. The topological polar surface area (TPSA) is 55.3 Å². The van der Waals surface area contributed by atoms with Gasteiger partial charge in [0, 0.05) is 18.5 Å². The quantitative estimate of drug-likeness (QED) is 0.421. The van der Waals surface area contributed by atoms with Crippen LogP contribution in [0.15, 0.2) is 54.9 Å². The van der Waals surface area contributed by atoms with E-state index in [4.69, 9.17) is 4.74 Å². The number of fused-ring (bicyclic) bond motifs is 1. The fourth-order valence-corrected chi connectivity index (χ4v) is 4.34. The summed E-state index contributed by atoms with van der Waals surface area (Å²) in [4.78, 5) is 23.2. The van der Waals surface area contributed by atoms with Gasteiger partial charge in [-0.1, -0.05) is 29.5 Å². The van der Waals surface area contributed by atoms with Crippen molar-refractivity contribution in [1.82, 2.24) is 9.97 Å². The lowest BCUT2D eigenvalue weighted by atomic mass is 10.1. The predicted molar refractivity (Wildman–Crippen MR) is 116 cm³/mol. The van der Waals surface area contributed by atoms with Crippen LogP contribution in [-0.2, 0) is 17.8 Å². The molecule has 0 aliphatic rings. The molecule has 0 N–H and O–H groups in total. The van der Waals surface area contributed by atoms with Crippen molar-refractivity contribution >= 4 is 32.6 Å². The van der Waals surface area contributed by atoms with Gasteiger partial charge in [0.05, 0.1) is 24.8 Å². The summed E-state index contributed by atoms with van der Waals surface area (Å²) in [6.07, 6.45) is 3.43. The van der Waals surface area contributed by atoms with Gasteiger partial charge in [-0.05, 0) is 41.8 Å². The normalized spacial score (nSPS) is 11.0. The second-order valence-electron chi connectivity index (χ2n) is 7.05. The number of nitrogens with zero attached hydrogens (tertiary/aromatic N) is 3. The molecule has 4 rings (SSSR count). The molecule has 31 heavy (non-hydrogen) atoms. The molecule has 5 nitrogen and oxygen atoms in total. The second-order valence-corrected chi connectivity index (χ2v) is 8.06. The van der Waals surface area contributed by atoms with Gasteiger partial charge in [0.25, 0.3) is 0 Å². The van der Waals surface area contributed by atoms with E-state index in [-0.39, 0.29) is 24.4 Å². The molecule has 0 saturated carbocycles. The zero-order valence-corrected chi connectivity index (χ0v) is 17.7. The lowest BCUT2D eigenvalue weighted by Gasteiger charge is -2.20. The van der Waals surface area contributed by atoms with Crippen molar-refractivity contribution in [3.63, 3.8) is 0 Å². The Balaban J connectivity index is 1.69. The molecule has 0 aliphatic heterocycles. The fraction of sp³-hybridized carbons (Fsp3) is 0.174. The number of pyridine rings is 1. The number of aryl methyl sites for hydroxylation is 1. The highest BCUT2D eigenvalue weighted by molar-refractivity contribution is 7.22. The molecule has 0 radical (unpaired) electrons.